The van der Waals surface area contributed by atoms with Crippen LogP contribution in [-0.4, -0.2) is 86.3 Å². The van der Waals surface area contributed by atoms with Crippen molar-refractivity contribution in [1.29, 1.82) is 0 Å². The normalized spacial score (nSPS) is 12.5. The first kappa shape index (κ1) is 60.7. The van der Waals surface area contributed by atoms with E-state index in [0.29, 0.717) is 64.3 Å². The van der Waals surface area contributed by atoms with Crippen molar-refractivity contribution in [3.8, 4) is 0 Å². The smallest absolute Gasteiger partial charge is 0.328 e. The zero-order valence-electron chi connectivity index (χ0n) is 42.4. The van der Waals surface area contributed by atoms with Gasteiger partial charge in [0.2, 0.25) is 17.7 Å². The van der Waals surface area contributed by atoms with E-state index in [1.54, 1.807) is 14.0 Å². The van der Waals surface area contributed by atoms with Crippen LogP contribution in [0.4, 0.5) is 0 Å². The maximum Gasteiger partial charge on any atom is 0.328 e. The summed E-state index contributed by atoms with van der Waals surface area (Å²) >= 11 is 0. The summed E-state index contributed by atoms with van der Waals surface area (Å²) in [6.07, 6.45) is 19.0. The molecule has 1 aromatic carbocycles. The number of carbonyl (C=O) groups excluding carboxylic acids is 7. The van der Waals surface area contributed by atoms with Crippen LogP contribution < -0.4 is 21.3 Å². The van der Waals surface area contributed by atoms with Crippen molar-refractivity contribution in [2.24, 2.45) is 11.8 Å². The Kier molecular flexibility index (Phi) is 35.9. The van der Waals surface area contributed by atoms with Gasteiger partial charge in [0.1, 0.15) is 30.5 Å². The van der Waals surface area contributed by atoms with Crippen LogP contribution in [0.3, 0.4) is 0 Å². The molecular weight excluding hydrogens is 853 g/mol. The molecule has 14 heteroatoms. The van der Waals surface area contributed by atoms with Crippen LogP contribution in [0, 0.1) is 11.8 Å². The number of amides is 3. The van der Waals surface area contributed by atoms with E-state index in [1.165, 1.54) is 0 Å². The molecule has 0 saturated heterocycles. The van der Waals surface area contributed by atoms with E-state index in [0.717, 1.165) is 108 Å². The highest BCUT2D eigenvalue weighted by Gasteiger charge is 2.25. The highest BCUT2D eigenvalue weighted by atomic mass is 16.5. The zero-order chi connectivity index (χ0) is 49.5. The lowest BCUT2D eigenvalue weighted by atomic mass is 10.0. The van der Waals surface area contributed by atoms with Gasteiger partial charge in [-0.1, -0.05) is 109 Å². The summed E-state index contributed by atoms with van der Waals surface area (Å²) in [6.45, 7) is 11.0. The Labute approximate surface area is 403 Å². The van der Waals surface area contributed by atoms with Crippen molar-refractivity contribution < 1.29 is 47.8 Å². The Hall–Kier alpha value is -4.33. The first-order valence-corrected chi connectivity index (χ1v) is 25.8. The minimum atomic E-state index is -0.689. The highest BCUT2D eigenvalue weighted by Crippen LogP contribution is 2.14. The van der Waals surface area contributed by atoms with E-state index < -0.39 is 24.0 Å². The van der Waals surface area contributed by atoms with Crippen molar-refractivity contribution in [2.75, 3.05) is 26.8 Å². The number of rotatable bonds is 42. The molecule has 3 unspecified atom stereocenters. The SMILES string of the molecule is CNC(CCCCNC(=O)CCCCCCCCC(=O)NC(CC(C)C)C(=O)OCCCCCCOC(=O)C(CC(C)C)NC(=O)CCCCCCCCC(C)=O)C(=O)OCc1ccccc1. The van der Waals surface area contributed by atoms with Gasteiger partial charge in [0, 0.05) is 32.2 Å². The number of benzene rings is 1. The lowest BCUT2D eigenvalue weighted by Gasteiger charge is -2.20. The van der Waals surface area contributed by atoms with Gasteiger partial charge >= 0.3 is 17.9 Å². The molecule has 0 spiro atoms. The lowest BCUT2D eigenvalue weighted by Crippen LogP contribution is -2.42. The minimum Gasteiger partial charge on any atom is -0.464 e. The Morgan fingerprint density at radius 2 is 0.896 bits per heavy atom. The van der Waals surface area contributed by atoms with E-state index in [-0.39, 0.29) is 67.2 Å². The van der Waals surface area contributed by atoms with Gasteiger partial charge in [0.05, 0.1) is 13.2 Å². The number of hydrogen-bond acceptors (Lipinski definition) is 11. The highest BCUT2D eigenvalue weighted by molar-refractivity contribution is 5.85. The first-order chi connectivity index (χ1) is 32.2. The summed E-state index contributed by atoms with van der Waals surface area (Å²) < 4.78 is 16.5. The second-order valence-corrected chi connectivity index (χ2v) is 19.0. The van der Waals surface area contributed by atoms with E-state index in [9.17, 15) is 33.6 Å². The van der Waals surface area contributed by atoms with Crippen LogP contribution in [0.25, 0.3) is 0 Å². The largest absolute Gasteiger partial charge is 0.464 e. The van der Waals surface area contributed by atoms with Gasteiger partial charge < -0.3 is 40.3 Å². The Bertz CT molecular complexity index is 1520. The average molecular weight is 943 g/mol. The number of likely N-dealkylation sites (N-methyl/N-ethyl adjacent to an activating group) is 1. The number of nitrogens with one attached hydrogen (secondary N) is 4. The van der Waals surface area contributed by atoms with Crippen LogP contribution in [0.5, 0.6) is 0 Å². The minimum absolute atomic E-state index is 0.0395. The van der Waals surface area contributed by atoms with Gasteiger partial charge in [-0.3, -0.25) is 19.2 Å². The molecule has 1 rings (SSSR count). The topological polar surface area (TPSA) is 195 Å². The molecule has 0 aliphatic rings. The summed E-state index contributed by atoms with van der Waals surface area (Å²) in [5, 5.41) is 11.8. The van der Waals surface area contributed by atoms with Crippen molar-refractivity contribution in [1.82, 2.24) is 21.3 Å². The van der Waals surface area contributed by atoms with E-state index in [1.807, 2.05) is 58.0 Å². The summed E-state index contributed by atoms with van der Waals surface area (Å²) in [6, 6.07) is 7.85. The van der Waals surface area contributed by atoms with Crippen molar-refractivity contribution >= 4 is 41.4 Å². The number of hydrogen-bond donors (Lipinski definition) is 4. The predicted octanol–water partition coefficient (Wildman–Crippen LogP) is 9.14. The molecule has 0 aliphatic heterocycles. The lowest BCUT2D eigenvalue weighted by molar-refractivity contribution is -0.149. The number of Topliss-reactive ketones (excluding diaryl/α,β-unsaturated/α-hetero) is 1. The number of unbranched alkanes of at least 4 members (excludes halogenated alkanes) is 14. The van der Waals surface area contributed by atoms with Crippen molar-refractivity contribution in [3.05, 3.63) is 35.9 Å². The van der Waals surface area contributed by atoms with E-state index in [2.05, 4.69) is 21.3 Å². The fourth-order valence-electron chi connectivity index (χ4n) is 7.65. The molecule has 0 aliphatic carbocycles. The average Bonchev–Trinajstić information content (AvgIpc) is 3.28. The molecule has 4 N–H and O–H groups in total. The fraction of sp³-hybridized carbons (Fsp3) is 0.755. The molecule has 0 saturated carbocycles. The second kappa shape index (κ2) is 39.6. The van der Waals surface area contributed by atoms with Crippen LogP contribution in [-0.2, 0) is 54.4 Å². The maximum absolute atomic E-state index is 12.9. The Morgan fingerprint density at radius 3 is 1.34 bits per heavy atom. The molecule has 0 fully saturated rings. The number of esters is 3. The Balaban J connectivity index is 2.16. The molecule has 14 nitrogen and oxygen atoms in total. The van der Waals surface area contributed by atoms with Crippen LogP contribution >= 0.6 is 0 Å². The molecule has 0 heterocycles. The summed E-state index contributed by atoms with van der Waals surface area (Å²) in [5.41, 5.74) is 0.948. The van der Waals surface area contributed by atoms with Crippen LogP contribution in [0.15, 0.2) is 30.3 Å². The zero-order valence-corrected chi connectivity index (χ0v) is 42.4. The molecule has 0 aromatic heterocycles. The molecular formula is C53H90N4O10. The molecule has 3 atom stereocenters. The van der Waals surface area contributed by atoms with Gasteiger partial charge in [0.15, 0.2) is 0 Å². The molecule has 0 radical (unpaired) electrons. The molecule has 1 aromatic rings. The molecule has 0 bridgehead atoms. The molecule has 3 amide bonds. The predicted molar refractivity (Wildman–Crippen MR) is 264 cm³/mol. The van der Waals surface area contributed by atoms with Gasteiger partial charge in [-0.15, -0.1) is 0 Å². The standard InChI is InChI=1S/C53H90N4O10/c1-41(2)38-46(56-49(60)33-22-13-8-7-11-18-28-43(5)58)52(63)65-36-26-15-16-27-37-66-53(64)47(39-42(3)4)57-50(61)34-23-14-10-9-12-21-32-48(59)55-35-25-24-31-45(54-6)51(62)67-40-44-29-19-17-20-30-44/h17,19-20,29-30,41-42,45-47,54H,7-16,18,21-28,31-40H2,1-6H3,(H,55,59)(H,56,60)(H,57,61). The van der Waals surface area contributed by atoms with E-state index in [4.69, 9.17) is 14.2 Å². The third kappa shape index (κ3) is 34.6. The van der Waals surface area contributed by atoms with Gasteiger partial charge in [0.25, 0.3) is 0 Å². The summed E-state index contributed by atoms with van der Waals surface area (Å²) in [5.74, 6) is -0.711. The van der Waals surface area contributed by atoms with Crippen LogP contribution in [0.2, 0.25) is 0 Å². The quantitative estimate of drug-likeness (QED) is 0.0277. The number of carbonyl (C=O) groups is 7. The summed E-state index contributed by atoms with van der Waals surface area (Å²) in [4.78, 5) is 86.9. The van der Waals surface area contributed by atoms with E-state index >= 15 is 0 Å². The molecule has 382 valence electrons. The van der Waals surface area contributed by atoms with Crippen molar-refractivity contribution in [2.45, 2.75) is 220 Å². The van der Waals surface area contributed by atoms with Crippen molar-refractivity contribution in [3.63, 3.8) is 0 Å². The number of ketones is 1. The first-order valence-electron chi connectivity index (χ1n) is 25.8. The van der Waals surface area contributed by atoms with Crippen LogP contribution in [0.1, 0.15) is 201 Å². The summed E-state index contributed by atoms with van der Waals surface area (Å²) in [7, 11) is 1.75. The second-order valence-electron chi connectivity index (χ2n) is 19.0. The third-order valence-electron chi connectivity index (χ3n) is 11.5. The fourth-order valence-corrected chi connectivity index (χ4v) is 7.65. The van der Waals surface area contributed by atoms with Gasteiger partial charge in [-0.25, -0.2) is 9.59 Å². The number of ether oxygens (including phenoxy) is 3. The van der Waals surface area contributed by atoms with Gasteiger partial charge in [-0.05, 0) is 115 Å². The van der Waals surface area contributed by atoms with Gasteiger partial charge in [-0.2, -0.15) is 0 Å². The third-order valence-corrected chi connectivity index (χ3v) is 11.5. The maximum atomic E-state index is 12.9. The molecule has 67 heavy (non-hydrogen) atoms. The monoisotopic (exact) mass is 943 g/mol. The Morgan fingerprint density at radius 1 is 0.478 bits per heavy atom.